The van der Waals surface area contributed by atoms with Gasteiger partial charge >= 0.3 is 0 Å². The summed E-state index contributed by atoms with van der Waals surface area (Å²) >= 11 is 2.78. The van der Waals surface area contributed by atoms with Crippen LogP contribution in [0.15, 0.2) is 0 Å². The molecule has 0 aromatic carbocycles. The molecule has 1 heterocycles. The summed E-state index contributed by atoms with van der Waals surface area (Å²) in [6.45, 7) is -0.323. The first kappa shape index (κ1) is 6.42. The van der Waals surface area contributed by atoms with Gasteiger partial charge in [-0.3, -0.25) is 0 Å². The second-order valence-corrected chi connectivity index (χ2v) is 2.85. The summed E-state index contributed by atoms with van der Waals surface area (Å²) in [5.74, 6) is -2.65. The minimum Gasteiger partial charge on any atom is -0.374 e. The van der Waals surface area contributed by atoms with Crippen LogP contribution in [0.2, 0.25) is 0 Å². The summed E-state index contributed by atoms with van der Waals surface area (Å²) in [4.78, 5) is -0.782. The minimum atomic E-state index is -2.65. The zero-order chi connectivity index (χ0) is 6.20. The largest absolute Gasteiger partial charge is 0.374 e. The van der Waals surface area contributed by atoms with Crippen LogP contribution in [0.3, 0.4) is 0 Å². The molecule has 0 aliphatic carbocycles. The number of halogens is 3. The van der Waals surface area contributed by atoms with Crippen LogP contribution in [-0.2, 0) is 4.74 Å². The van der Waals surface area contributed by atoms with Crippen LogP contribution in [-0.4, -0.2) is 24.0 Å². The van der Waals surface area contributed by atoms with Crippen molar-refractivity contribution in [1.82, 2.24) is 0 Å². The van der Waals surface area contributed by atoms with Gasteiger partial charge in [-0.2, -0.15) is 0 Å². The summed E-state index contributed by atoms with van der Waals surface area (Å²) < 4.78 is 28.8. The fraction of sp³-hybridized carbons (Fsp3) is 1.00. The SMILES string of the molecule is FC1(F)COCC1Br. The first-order valence-corrected chi connectivity index (χ1v) is 3.14. The maximum absolute atomic E-state index is 12.2. The maximum atomic E-state index is 12.2. The molecule has 0 saturated carbocycles. The molecule has 0 N–H and O–H groups in total. The van der Waals surface area contributed by atoms with Crippen LogP contribution in [0.4, 0.5) is 8.78 Å². The van der Waals surface area contributed by atoms with Crippen LogP contribution >= 0.6 is 15.9 Å². The van der Waals surface area contributed by atoms with Gasteiger partial charge in [0.05, 0.1) is 6.61 Å². The molecule has 0 aromatic heterocycles. The van der Waals surface area contributed by atoms with Crippen LogP contribution in [0.5, 0.6) is 0 Å². The van der Waals surface area contributed by atoms with E-state index in [9.17, 15) is 8.78 Å². The molecule has 1 atom stereocenters. The minimum absolute atomic E-state index is 0.118. The van der Waals surface area contributed by atoms with Crippen LogP contribution in [0.25, 0.3) is 0 Å². The van der Waals surface area contributed by atoms with Gasteiger partial charge in [-0.1, -0.05) is 15.9 Å². The topological polar surface area (TPSA) is 9.23 Å². The van der Waals surface area contributed by atoms with E-state index in [0.29, 0.717) is 0 Å². The fourth-order valence-electron chi connectivity index (χ4n) is 0.511. The summed E-state index contributed by atoms with van der Waals surface area (Å²) in [7, 11) is 0. The molecular formula is C4H5BrF2O. The number of hydrogen-bond donors (Lipinski definition) is 0. The molecule has 0 radical (unpaired) electrons. The number of hydrogen-bond acceptors (Lipinski definition) is 1. The average molecular weight is 187 g/mol. The zero-order valence-electron chi connectivity index (χ0n) is 4.03. The normalized spacial score (nSPS) is 35.6. The Kier molecular flexibility index (Phi) is 1.54. The third-order valence-electron chi connectivity index (χ3n) is 1.02. The smallest absolute Gasteiger partial charge is 0.285 e. The van der Waals surface area contributed by atoms with Crippen molar-refractivity contribution in [1.29, 1.82) is 0 Å². The van der Waals surface area contributed by atoms with Crippen molar-refractivity contribution < 1.29 is 13.5 Å². The summed E-state index contributed by atoms with van der Waals surface area (Å²) in [5, 5.41) is 0. The van der Waals surface area contributed by atoms with Crippen LogP contribution in [0, 0.1) is 0 Å². The van der Waals surface area contributed by atoms with Crippen molar-refractivity contribution in [3.63, 3.8) is 0 Å². The molecule has 1 aliphatic rings. The van der Waals surface area contributed by atoms with Gasteiger partial charge in [0, 0.05) is 0 Å². The average Bonchev–Trinajstić information content (AvgIpc) is 1.86. The lowest BCUT2D eigenvalue weighted by Gasteiger charge is -2.07. The Morgan fingerprint density at radius 3 is 2.38 bits per heavy atom. The number of alkyl halides is 3. The van der Waals surface area contributed by atoms with Gasteiger partial charge < -0.3 is 4.74 Å². The Bertz CT molecular complexity index is 96.0. The first-order valence-electron chi connectivity index (χ1n) is 2.22. The quantitative estimate of drug-likeness (QED) is 0.521. The van der Waals surface area contributed by atoms with Crippen molar-refractivity contribution in [3.8, 4) is 0 Å². The molecule has 1 nitrogen and oxygen atoms in total. The molecule has 1 aliphatic heterocycles. The standard InChI is InChI=1S/C4H5BrF2O/c5-3-1-8-2-4(3,6)7/h3H,1-2H2. The van der Waals surface area contributed by atoms with Crippen molar-refractivity contribution >= 4 is 15.9 Å². The molecular weight excluding hydrogens is 182 g/mol. The predicted molar refractivity (Wildman–Crippen MR) is 28.5 cm³/mol. The lowest BCUT2D eigenvalue weighted by molar-refractivity contribution is -0.00357. The van der Waals surface area contributed by atoms with Crippen molar-refractivity contribution in [3.05, 3.63) is 0 Å². The Labute approximate surface area is 54.1 Å². The highest BCUT2D eigenvalue weighted by Crippen LogP contribution is 2.30. The van der Waals surface area contributed by atoms with Crippen LogP contribution < -0.4 is 0 Å². The highest BCUT2D eigenvalue weighted by molar-refractivity contribution is 9.09. The lowest BCUT2D eigenvalue weighted by Crippen LogP contribution is -2.25. The van der Waals surface area contributed by atoms with E-state index < -0.39 is 17.4 Å². The van der Waals surface area contributed by atoms with E-state index in [1.54, 1.807) is 0 Å². The second-order valence-electron chi connectivity index (χ2n) is 1.74. The number of ether oxygens (including phenoxy) is 1. The van der Waals surface area contributed by atoms with E-state index in [1.165, 1.54) is 0 Å². The highest BCUT2D eigenvalue weighted by atomic mass is 79.9. The maximum Gasteiger partial charge on any atom is 0.285 e. The summed E-state index contributed by atoms with van der Waals surface area (Å²) in [6.07, 6.45) is 0. The molecule has 0 spiro atoms. The van der Waals surface area contributed by atoms with E-state index in [1.807, 2.05) is 0 Å². The van der Waals surface area contributed by atoms with Gasteiger partial charge in [-0.15, -0.1) is 0 Å². The molecule has 0 aromatic rings. The molecule has 0 amide bonds. The zero-order valence-corrected chi connectivity index (χ0v) is 5.62. The van der Waals surface area contributed by atoms with Gasteiger partial charge in [-0.25, -0.2) is 8.78 Å². The molecule has 1 unspecified atom stereocenters. The van der Waals surface area contributed by atoms with Gasteiger partial charge in [0.1, 0.15) is 11.4 Å². The molecule has 1 rings (SSSR count). The van der Waals surface area contributed by atoms with E-state index in [0.717, 1.165) is 0 Å². The van der Waals surface area contributed by atoms with E-state index in [4.69, 9.17) is 0 Å². The molecule has 1 saturated heterocycles. The third kappa shape index (κ3) is 1.00. The molecule has 4 heteroatoms. The van der Waals surface area contributed by atoms with Gasteiger partial charge in [0.15, 0.2) is 0 Å². The van der Waals surface area contributed by atoms with Crippen molar-refractivity contribution in [2.75, 3.05) is 13.2 Å². The van der Waals surface area contributed by atoms with Crippen molar-refractivity contribution in [2.45, 2.75) is 10.7 Å². The molecule has 8 heavy (non-hydrogen) atoms. The molecule has 48 valence electrons. The first-order chi connectivity index (χ1) is 3.63. The van der Waals surface area contributed by atoms with E-state index in [2.05, 4.69) is 20.7 Å². The van der Waals surface area contributed by atoms with E-state index in [-0.39, 0.29) is 6.61 Å². The van der Waals surface area contributed by atoms with E-state index >= 15 is 0 Å². The Balaban J connectivity index is 2.54. The van der Waals surface area contributed by atoms with Gasteiger partial charge in [0.25, 0.3) is 5.92 Å². The van der Waals surface area contributed by atoms with Crippen molar-refractivity contribution in [2.24, 2.45) is 0 Å². The highest BCUT2D eigenvalue weighted by Gasteiger charge is 2.43. The second kappa shape index (κ2) is 1.92. The third-order valence-corrected chi connectivity index (χ3v) is 1.95. The predicted octanol–water partition coefficient (Wildman–Crippen LogP) is 1.42. The Morgan fingerprint density at radius 2 is 2.25 bits per heavy atom. The van der Waals surface area contributed by atoms with Gasteiger partial charge in [0.2, 0.25) is 0 Å². The monoisotopic (exact) mass is 186 g/mol. The Morgan fingerprint density at radius 1 is 1.62 bits per heavy atom. The number of rotatable bonds is 0. The molecule has 0 bridgehead atoms. The van der Waals surface area contributed by atoms with Gasteiger partial charge in [-0.05, 0) is 0 Å². The summed E-state index contributed by atoms with van der Waals surface area (Å²) in [6, 6.07) is 0. The van der Waals surface area contributed by atoms with Crippen LogP contribution in [0.1, 0.15) is 0 Å². The summed E-state index contributed by atoms with van der Waals surface area (Å²) in [5.41, 5.74) is 0. The molecule has 1 fully saturated rings. The lowest BCUT2D eigenvalue weighted by atomic mass is 10.3. The Hall–Kier alpha value is 0.300. The fourth-order valence-corrected chi connectivity index (χ4v) is 0.830.